The van der Waals surface area contributed by atoms with Gasteiger partial charge in [-0.25, -0.2) is 0 Å². The summed E-state index contributed by atoms with van der Waals surface area (Å²) < 4.78 is 0. The lowest BCUT2D eigenvalue weighted by Crippen LogP contribution is -2.26. The molecule has 0 aromatic rings. The molecule has 0 heterocycles. The highest BCUT2D eigenvalue weighted by atomic mass is 14.3. The summed E-state index contributed by atoms with van der Waals surface area (Å²) in [6.45, 7) is 9.34. The molecule has 76 valence electrons. The molecule has 0 aromatic heterocycles. The molecule has 0 saturated heterocycles. The fourth-order valence-electron chi connectivity index (χ4n) is 2.76. The number of allylic oxidation sites excluding steroid dienone is 2. The standard InChI is InChI=1S/C13H24/c1-5-6-11(3)13-9-10(2)7-8-12(13)4/h5-6,10-13H,7-9H2,1-4H3/b6-5-/t10-,11?,12-,13+/m0/s1. The third kappa shape index (κ3) is 2.86. The first-order chi connectivity index (χ1) is 6.15. The van der Waals surface area contributed by atoms with Crippen molar-refractivity contribution in [3.63, 3.8) is 0 Å². The molecule has 0 nitrogen and oxygen atoms in total. The van der Waals surface area contributed by atoms with Crippen LogP contribution in [0, 0.1) is 23.7 Å². The Morgan fingerprint density at radius 3 is 2.54 bits per heavy atom. The van der Waals surface area contributed by atoms with E-state index in [2.05, 4.69) is 39.8 Å². The van der Waals surface area contributed by atoms with Crippen LogP contribution in [0.4, 0.5) is 0 Å². The quantitative estimate of drug-likeness (QED) is 0.557. The Hall–Kier alpha value is -0.260. The van der Waals surface area contributed by atoms with Crippen molar-refractivity contribution >= 4 is 0 Å². The SMILES string of the molecule is C/C=C\C(C)[C@H]1C[C@@H](C)CC[C@@H]1C. The molecule has 0 amide bonds. The highest BCUT2D eigenvalue weighted by molar-refractivity contribution is 4.91. The van der Waals surface area contributed by atoms with Gasteiger partial charge in [0.05, 0.1) is 0 Å². The highest BCUT2D eigenvalue weighted by Gasteiger charge is 2.28. The van der Waals surface area contributed by atoms with Gasteiger partial charge in [-0.15, -0.1) is 0 Å². The molecular weight excluding hydrogens is 156 g/mol. The Morgan fingerprint density at radius 1 is 1.23 bits per heavy atom. The molecule has 1 aliphatic rings. The molecule has 0 aliphatic heterocycles. The zero-order chi connectivity index (χ0) is 9.84. The Kier molecular flexibility index (Phi) is 4.02. The molecule has 1 fully saturated rings. The summed E-state index contributed by atoms with van der Waals surface area (Å²) >= 11 is 0. The molecule has 0 spiro atoms. The molecular formula is C13H24. The lowest BCUT2D eigenvalue weighted by atomic mass is 9.70. The molecule has 0 bridgehead atoms. The summed E-state index contributed by atoms with van der Waals surface area (Å²) in [5, 5.41) is 0. The van der Waals surface area contributed by atoms with Gasteiger partial charge in [0.15, 0.2) is 0 Å². The van der Waals surface area contributed by atoms with Crippen molar-refractivity contribution in [2.45, 2.75) is 47.0 Å². The van der Waals surface area contributed by atoms with Crippen LogP contribution in [0.25, 0.3) is 0 Å². The van der Waals surface area contributed by atoms with Crippen LogP contribution in [-0.2, 0) is 0 Å². The van der Waals surface area contributed by atoms with Gasteiger partial charge < -0.3 is 0 Å². The monoisotopic (exact) mass is 180 g/mol. The van der Waals surface area contributed by atoms with E-state index in [1.54, 1.807) is 0 Å². The largest absolute Gasteiger partial charge is 0.0914 e. The van der Waals surface area contributed by atoms with Crippen molar-refractivity contribution in [3.05, 3.63) is 12.2 Å². The molecule has 1 aliphatic carbocycles. The summed E-state index contributed by atoms with van der Waals surface area (Å²) in [5.74, 6) is 3.60. The predicted molar refractivity (Wildman–Crippen MR) is 59.6 cm³/mol. The Balaban J connectivity index is 2.54. The van der Waals surface area contributed by atoms with Crippen molar-refractivity contribution < 1.29 is 0 Å². The van der Waals surface area contributed by atoms with Crippen LogP contribution < -0.4 is 0 Å². The first-order valence-electron chi connectivity index (χ1n) is 5.78. The Labute approximate surface area is 83.4 Å². The van der Waals surface area contributed by atoms with E-state index in [4.69, 9.17) is 0 Å². The lowest BCUT2D eigenvalue weighted by Gasteiger charge is -2.35. The van der Waals surface area contributed by atoms with Gasteiger partial charge in [-0.1, -0.05) is 45.8 Å². The van der Waals surface area contributed by atoms with Crippen LogP contribution >= 0.6 is 0 Å². The van der Waals surface area contributed by atoms with E-state index in [1.807, 2.05) is 0 Å². The first kappa shape index (κ1) is 10.8. The maximum atomic E-state index is 2.43. The second-order valence-electron chi connectivity index (χ2n) is 4.94. The van der Waals surface area contributed by atoms with E-state index in [0.717, 1.165) is 23.7 Å². The summed E-state index contributed by atoms with van der Waals surface area (Å²) in [6.07, 6.45) is 8.90. The first-order valence-corrected chi connectivity index (χ1v) is 5.78. The third-order valence-electron chi connectivity index (χ3n) is 3.69. The number of hydrogen-bond acceptors (Lipinski definition) is 0. The van der Waals surface area contributed by atoms with Crippen LogP contribution in [-0.4, -0.2) is 0 Å². The lowest BCUT2D eigenvalue weighted by molar-refractivity contribution is 0.168. The van der Waals surface area contributed by atoms with Gasteiger partial charge in [0.2, 0.25) is 0 Å². The molecule has 0 N–H and O–H groups in total. The maximum absolute atomic E-state index is 2.43. The van der Waals surface area contributed by atoms with Crippen LogP contribution in [0.15, 0.2) is 12.2 Å². The second-order valence-corrected chi connectivity index (χ2v) is 4.94. The van der Waals surface area contributed by atoms with Crippen molar-refractivity contribution in [1.82, 2.24) is 0 Å². The van der Waals surface area contributed by atoms with Crippen LogP contribution in [0.3, 0.4) is 0 Å². The van der Waals surface area contributed by atoms with Crippen LogP contribution in [0.2, 0.25) is 0 Å². The molecule has 0 heteroatoms. The van der Waals surface area contributed by atoms with Gasteiger partial charge in [0.25, 0.3) is 0 Å². The molecule has 1 unspecified atom stereocenters. The zero-order valence-electron chi connectivity index (χ0n) is 9.59. The van der Waals surface area contributed by atoms with E-state index in [-0.39, 0.29) is 0 Å². The van der Waals surface area contributed by atoms with E-state index >= 15 is 0 Å². The Bertz CT molecular complexity index is 169. The van der Waals surface area contributed by atoms with Gasteiger partial charge in [0.1, 0.15) is 0 Å². The summed E-state index contributed by atoms with van der Waals surface area (Å²) in [7, 11) is 0. The second kappa shape index (κ2) is 4.83. The highest BCUT2D eigenvalue weighted by Crippen LogP contribution is 2.38. The van der Waals surface area contributed by atoms with Crippen LogP contribution in [0.1, 0.15) is 47.0 Å². The van der Waals surface area contributed by atoms with Crippen molar-refractivity contribution in [2.24, 2.45) is 23.7 Å². The topological polar surface area (TPSA) is 0 Å². The van der Waals surface area contributed by atoms with E-state index in [1.165, 1.54) is 19.3 Å². The molecule has 4 atom stereocenters. The van der Waals surface area contributed by atoms with Crippen molar-refractivity contribution in [3.8, 4) is 0 Å². The minimum Gasteiger partial charge on any atom is -0.0914 e. The summed E-state index contributed by atoms with van der Waals surface area (Å²) in [6, 6.07) is 0. The van der Waals surface area contributed by atoms with Crippen molar-refractivity contribution in [1.29, 1.82) is 0 Å². The zero-order valence-corrected chi connectivity index (χ0v) is 9.59. The average molecular weight is 180 g/mol. The number of rotatable bonds is 2. The van der Waals surface area contributed by atoms with Gasteiger partial charge in [-0.2, -0.15) is 0 Å². The fraction of sp³-hybridized carbons (Fsp3) is 0.846. The van der Waals surface area contributed by atoms with Gasteiger partial charge >= 0.3 is 0 Å². The summed E-state index contributed by atoms with van der Waals surface area (Å²) in [5.41, 5.74) is 0. The average Bonchev–Trinajstić information content (AvgIpc) is 2.09. The smallest absolute Gasteiger partial charge is 0.0231 e. The van der Waals surface area contributed by atoms with E-state index in [9.17, 15) is 0 Å². The number of hydrogen-bond donors (Lipinski definition) is 0. The maximum Gasteiger partial charge on any atom is -0.0231 e. The third-order valence-corrected chi connectivity index (χ3v) is 3.69. The summed E-state index contributed by atoms with van der Waals surface area (Å²) in [4.78, 5) is 0. The molecule has 0 radical (unpaired) electrons. The molecule has 0 aromatic carbocycles. The van der Waals surface area contributed by atoms with Crippen molar-refractivity contribution in [2.75, 3.05) is 0 Å². The van der Waals surface area contributed by atoms with Crippen LogP contribution in [0.5, 0.6) is 0 Å². The van der Waals surface area contributed by atoms with E-state index in [0.29, 0.717) is 0 Å². The van der Waals surface area contributed by atoms with Gasteiger partial charge in [0, 0.05) is 0 Å². The fourth-order valence-corrected chi connectivity index (χ4v) is 2.76. The molecule has 1 rings (SSSR count). The normalized spacial score (nSPS) is 38.0. The Morgan fingerprint density at radius 2 is 1.92 bits per heavy atom. The minimum absolute atomic E-state index is 0.780. The minimum atomic E-state index is 0.780. The van der Waals surface area contributed by atoms with E-state index < -0.39 is 0 Å². The van der Waals surface area contributed by atoms with Gasteiger partial charge in [-0.3, -0.25) is 0 Å². The molecule has 1 saturated carbocycles. The van der Waals surface area contributed by atoms with Gasteiger partial charge in [-0.05, 0) is 37.0 Å². The predicted octanol–water partition coefficient (Wildman–Crippen LogP) is 4.27. The molecule has 13 heavy (non-hydrogen) atoms.